The Morgan fingerprint density at radius 3 is 2.76 bits per heavy atom. The Morgan fingerprint density at radius 1 is 1.24 bits per heavy atom. The largest absolute Gasteiger partial charge is 0.322 e. The number of nitrogens with one attached hydrogen (secondary N) is 1. The summed E-state index contributed by atoms with van der Waals surface area (Å²) in [6.45, 7) is 0. The zero-order valence-corrected chi connectivity index (χ0v) is 11.9. The van der Waals surface area contributed by atoms with E-state index in [9.17, 15) is 14.0 Å². The number of hydrogen-bond donors (Lipinski definition) is 1. The molecule has 1 aromatic heterocycles. The lowest BCUT2D eigenvalue weighted by atomic mass is 10.2. The number of hydrogen-bond acceptors (Lipinski definition) is 3. The van der Waals surface area contributed by atoms with Crippen molar-refractivity contribution in [3.8, 4) is 0 Å². The second kappa shape index (κ2) is 5.14. The van der Waals surface area contributed by atoms with Crippen LogP contribution >= 0.6 is 11.3 Å². The summed E-state index contributed by atoms with van der Waals surface area (Å²) in [4.78, 5) is 23.5. The molecule has 0 radical (unpaired) electrons. The molecule has 0 atom stereocenters. The molecule has 4 nitrogen and oxygen atoms in total. The van der Waals surface area contributed by atoms with Crippen LogP contribution in [0.5, 0.6) is 0 Å². The number of halogens is 1. The minimum atomic E-state index is -0.569. The van der Waals surface area contributed by atoms with Gasteiger partial charge in [0.15, 0.2) is 0 Å². The van der Waals surface area contributed by atoms with Gasteiger partial charge in [-0.05, 0) is 30.3 Å². The predicted octanol–water partition coefficient (Wildman–Crippen LogP) is 2.99. The quantitative estimate of drug-likeness (QED) is 0.791. The van der Waals surface area contributed by atoms with Crippen LogP contribution in [0.3, 0.4) is 0 Å². The van der Waals surface area contributed by atoms with Crippen molar-refractivity contribution >= 4 is 33.1 Å². The fourth-order valence-corrected chi connectivity index (χ4v) is 2.97. The first-order valence-corrected chi connectivity index (χ1v) is 7.03. The van der Waals surface area contributed by atoms with Gasteiger partial charge in [0.25, 0.3) is 5.91 Å². The fraction of sp³-hybridized carbons (Fsp3) is 0.0667. The van der Waals surface area contributed by atoms with Crippen LogP contribution in [0.2, 0.25) is 0 Å². The van der Waals surface area contributed by atoms with Gasteiger partial charge in [-0.1, -0.05) is 23.5 Å². The number of thiazole rings is 1. The van der Waals surface area contributed by atoms with Crippen molar-refractivity contribution in [2.24, 2.45) is 7.05 Å². The van der Waals surface area contributed by atoms with E-state index in [-0.39, 0.29) is 10.4 Å². The standard InChI is InChI=1S/C15H11FN2O2S/c1-18-12-7-6-9(8-13(12)21-15(18)20)17-14(19)10-4-2-3-5-11(10)16/h2-8H,1H3,(H,17,19). The SMILES string of the molecule is Cn1c(=O)sc2cc(NC(=O)c3ccccc3F)ccc21. The van der Waals surface area contributed by atoms with E-state index in [1.165, 1.54) is 18.2 Å². The minimum Gasteiger partial charge on any atom is -0.322 e. The Hall–Kier alpha value is -2.47. The third kappa shape index (κ3) is 2.45. The van der Waals surface area contributed by atoms with Crippen molar-refractivity contribution in [1.29, 1.82) is 0 Å². The smallest absolute Gasteiger partial charge is 0.307 e. The van der Waals surface area contributed by atoms with E-state index in [0.717, 1.165) is 21.6 Å². The van der Waals surface area contributed by atoms with Gasteiger partial charge in [-0.3, -0.25) is 9.59 Å². The Labute approximate surface area is 123 Å². The van der Waals surface area contributed by atoms with Crippen molar-refractivity contribution in [1.82, 2.24) is 4.57 Å². The lowest BCUT2D eigenvalue weighted by Crippen LogP contribution is -2.13. The Bertz CT molecular complexity index is 898. The fourth-order valence-electron chi connectivity index (χ4n) is 2.06. The summed E-state index contributed by atoms with van der Waals surface area (Å²) in [5, 5.41) is 2.64. The molecule has 0 spiro atoms. The Balaban J connectivity index is 1.93. The molecule has 3 aromatic rings. The molecule has 0 aliphatic heterocycles. The van der Waals surface area contributed by atoms with Gasteiger partial charge in [0.05, 0.1) is 15.8 Å². The van der Waals surface area contributed by atoms with Gasteiger partial charge >= 0.3 is 4.87 Å². The minimum absolute atomic E-state index is 0.0150. The molecule has 0 aliphatic carbocycles. The first-order valence-electron chi connectivity index (χ1n) is 6.22. The van der Waals surface area contributed by atoms with Crippen LogP contribution in [0, 0.1) is 5.82 Å². The summed E-state index contributed by atoms with van der Waals surface area (Å²) in [5.74, 6) is -1.09. The molecule has 0 saturated carbocycles. The summed E-state index contributed by atoms with van der Waals surface area (Å²) in [7, 11) is 1.69. The molecule has 0 bridgehead atoms. The molecule has 6 heteroatoms. The summed E-state index contributed by atoms with van der Waals surface area (Å²) >= 11 is 1.10. The van der Waals surface area contributed by atoms with Gasteiger partial charge in [-0.2, -0.15) is 0 Å². The molecule has 0 aliphatic rings. The van der Waals surface area contributed by atoms with Crippen LogP contribution in [-0.2, 0) is 7.05 Å². The number of anilines is 1. The average molecular weight is 302 g/mol. The van der Waals surface area contributed by atoms with Gasteiger partial charge in [0, 0.05) is 12.7 Å². The zero-order valence-electron chi connectivity index (χ0n) is 11.1. The van der Waals surface area contributed by atoms with Crippen molar-refractivity contribution < 1.29 is 9.18 Å². The average Bonchev–Trinajstić information content (AvgIpc) is 2.74. The maximum atomic E-state index is 13.5. The van der Waals surface area contributed by atoms with E-state index in [2.05, 4.69) is 5.32 Å². The normalized spacial score (nSPS) is 10.8. The summed E-state index contributed by atoms with van der Waals surface area (Å²) < 4.78 is 15.9. The molecule has 0 fully saturated rings. The summed E-state index contributed by atoms with van der Waals surface area (Å²) in [6.07, 6.45) is 0. The zero-order chi connectivity index (χ0) is 15.0. The number of fused-ring (bicyclic) bond motifs is 1. The van der Waals surface area contributed by atoms with Crippen molar-refractivity contribution in [3.63, 3.8) is 0 Å². The molecule has 1 heterocycles. The first kappa shape index (κ1) is 13.5. The number of carbonyl (C=O) groups is 1. The monoisotopic (exact) mass is 302 g/mol. The van der Waals surface area contributed by atoms with E-state index >= 15 is 0 Å². The van der Waals surface area contributed by atoms with Crippen LogP contribution in [0.15, 0.2) is 47.3 Å². The number of nitrogens with zero attached hydrogens (tertiary/aromatic N) is 1. The highest BCUT2D eigenvalue weighted by molar-refractivity contribution is 7.16. The second-order valence-electron chi connectivity index (χ2n) is 4.54. The lowest BCUT2D eigenvalue weighted by molar-refractivity contribution is 0.102. The molecule has 2 aromatic carbocycles. The Kier molecular flexibility index (Phi) is 3.31. The number of carbonyl (C=O) groups excluding carboxylic acids is 1. The van der Waals surface area contributed by atoms with Crippen LogP contribution < -0.4 is 10.2 Å². The highest BCUT2D eigenvalue weighted by Crippen LogP contribution is 2.21. The van der Waals surface area contributed by atoms with Gasteiger partial charge in [-0.15, -0.1) is 0 Å². The molecule has 21 heavy (non-hydrogen) atoms. The predicted molar refractivity (Wildman–Crippen MR) is 81.4 cm³/mol. The van der Waals surface area contributed by atoms with Crippen LogP contribution in [0.1, 0.15) is 10.4 Å². The molecular formula is C15H11FN2O2S. The first-order chi connectivity index (χ1) is 10.1. The number of aryl methyl sites for hydroxylation is 1. The van der Waals surface area contributed by atoms with E-state index in [1.807, 2.05) is 0 Å². The second-order valence-corrected chi connectivity index (χ2v) is 5.54. The molecule has 1 N–H and O–H groups in total. The van der Waals surface area contributed by atoms with Gasteiger partial charge in [-0.25, -0.2) is 4.39 Å². The Morgan fingerprint density at radius 2 is 2.00 bits per heavy atom. The van der Waals surface area contributed by atoms with Gasteiger partial charge in [0.1, 0.15) is 5.82 Å². The van der Waals surface area contributed by atoms with Crippen molar-refractivity contribution in [3.05, 3.63) is 63.5 Å². The molecule has 3 rings (SSSR count). The van der Waals surface area contributed by atoms with E-state index < -0.39 is 11.7 Å². The maximum Gasteiger partial charge on any atom is 0.307 e. The molecule has 0 unspecified atom stereocenters. The molecule has 1 amide bonds. The van der Waals surface area contributed by atoms with Crippen LogP contribution in [0.25, 0.3) is 10.2 Å². The van der Waals surface area contributed by atoms with Crippen LogP contribution in [-0.4, -0.2) is 10.5 Å². The third-order valence-corrected chi connectivity index (χ3v) is 4.16. The molecular weight excluding hydrogens is 291 g/mol. The van der Waals surface area contributed by atoms with E-state index in [1.54, 1.807) is 35.9 Å². The van der Waals surface area contributed by atoms with Gasteiger partial charge in [0.2, 0.25) is 0 Å². The molecule has 106 valence electrons. The van der Waals surface area contributed by atoms with Crippen molar-refractivity contribution in [2.45, 2.75) is 0 Å². The van der Waals surface area contributed by atoms with Crippen molar-refractivity contribution in [2.75, 3.05) is 5.32 Å². The number of aromatic nitrogens is 1. The van der Waals surface area contributed by atoms with Crippen LogP contribution in [0.4, 0.5) is 10.1 Å². The van der Waals surface area contributed by atoms with E-state index in [4.69, 9.17) is 0 Å². The number of amides is 1. The highest BCUT2D eigenvalue weighted by atomic mass is 32.1. The van der Waals surface area contributed by atoms with E-state index in [0.29, 0.717) is 5.69 Å². The highest BCUT2D eigenvalue weighted by Gasteiger charge is 2.12. The van der Waals surface area contributed by atoms with Gasteiger partial charge < -0.3 is 9.88 Å². The number of benzene rings is 2. The number of rotatable bonds is 2. The lowest BCUT2D eigenvalue weighted by Gasteiger charge is -2.06. The third-order valence-electron chi connectivity index (χ3n) is 3.17. The molecule has 0 saturated heterocycles. The summed E-state index contributed by atoms with van der Waals surface area (Å²) in [5.41, 5.74) is 1.31. The maximum absolute atomic E-state index is 13.5. The topological polar surface area (TPSA) is 51.1 Å². The summed E-state index contributed by atoms with van der Waals surface area (Å²) in [6, 6.07) is 10.9.